The van der Waals surface area contributed by atoms with E-state index in [2.05, 4.69) is 20.8 Å². The first-order valence-corrected chi connectivity index (χ1v) is 7.64. The van der Waals surface area contributed by atoms with Crippen LogP contribution in [0.1, 0.15) is 6.92 Å². The van der Waals surface area contributed by atoms with Gasteiger partial charge in [-0.2, -0.15) is 0 Å². The summed E-state index contributed by atoms with van der Waals surface area (Å²) < 4.78 is 1.58. The van der Waals surface area contributed by atoms with E-state index < -0.39 is 6.04 Å². The van der Waals surface area contributed by atoms with E-state index in [-0.39, 0.29) is 11.9 Å². The number of rotatable bonds is 4. The van der Waals surface area contributed by atoms with Gasteiger partial charge >= 0.3 is 6.03 Å². The normalized spacial score (nSPS) is 19.0. The molecule has 1 aliphatic heterocycles. The third-order valence-corrected chi connectivity index (χ3v) is 4.34. The number of thioether (sulfide) groups is 1. The molecule has 1 fully saturated rings. The third-order valence-electron chi connectivity index (χ3n) is 3.33. The Balaban J connectivity index is 1.74. The standard InChI is InChI=1S/C11H19N7O2S/c1-8-9(19)16(2)5-6-18(8)10(20)12-4-7-21-11-13-14-15-17(11)3/h8H,4-7H2,1-3H3,(H,12,20)/t8-/m0/s1. The monoisotopic (exact) mass is 313 g/mol. The van der Waals surface area contributed by atoms with Crippen molar-refractivity contribution in [2.45, 2.75) is 18.1 Å². The van der Waals surface area contributed by atoms with Crippen molar-refractivity contribution < 1.29 is 9.59 Å². The number of urea groups is 1. The maximum atomic E-state index is 12.1. The molecule has 3 amide bonds. The predicted octanol–water partition coefficient (Wildman–Crippen LogP) is -0.826. The van der Waals surface area contributed by atoms with Gasteiger partial charge in [0.1, 0.15) is 6.04 Å². The van der Waals surface area contributed by atoms with Crippen molar-refractivity contribution in [2.75, 3.05) is 32.4 Å². The van der Waals surface area contributed by atoms with Gasteiger partial charge in [0.25, 0.3) is 0 Å². The number of piperazine rings is 1. The van der Waals surface area contributed by atoms with E-state index in [1.54, 1.807) is 35.5 Å². The van der Waals surface area contributed by atoms with Crippen LogP contribution in [0.15, 0.2) is 5.16 Å². The fourth-order valence-electron chi connectivity index (χ4n) is 2.04. The van der Waals surface area contributed by atoms with Gasteiger partial charge in [0.05, 0.1) is 0 Å². The van der Waals surface area contributed by atoms with Gasteiger partial charge in [-0.25, -0.2) is 9.48 Å². The lowest BCUT2D eigenvalue weighted by molar-refractivity contribution is -0.137. The summed E-state index contributed by atoms with van der Waals surface area (Å²) in [4.78, 5) is 27.1. The highest BCUT2D eigenvalue weighted by molar-refractivity contribution is 7.99. The molecule has 0 aliphatic carbocycles. The highest BCUT2D eigenvalue weighted by atomic mass is 32.2. The topological polar surface area (TPSA) is 96.2 Å². The zero-order chi connectivity index (χ0) is 15.4. The second kappa shape index (κ2) is 6.74. The molecule has 2 heterocycles. The summed E-state index contributed by atoms with van der Waals surface area (Å²) in [5.41, 5.74) is 0. The lowest BCUT2D eigenvalue weighted by Crippen LogP contribution is -2.58. The van der Waals surface area contributed by atoms with Crippen molar-refractivity contribution in [3.8, 4) is 0 Å². The van der Waals surface area contributed by atoms with Gasteiger partial charge in [-0.3, -0.25) is 4.79 Å². The van der Waals surface area contributed by atoms with Crippen molar-refractivity contribution in [3.63, 3.8) is 0 Å². The van der Waals surface area contributed by atoms with Crippen LogP contribution in [0.25, 0.3) is 0 Å². The van der Waals surface area contributed by atoms with Crippen LogP contribution in [0, 0.1) is 0 Å². The van der Waals surface area contributed by atoms with Crippen LogP contribution in [-0.4, -0.2) is 80.4 Å². The van der Waals surface area contributed by atoms with Gasteiger partial charge in [0.2, 0.25) is 11.1 Å². The molecular weight excluding hydrogens is 294 g/mol. The summed E-state index contributed by atoms with van der Waals surface area (Å²) in [7, 11) is 3.51. The molecule has 1 atom stereocenters. The first kappa shape index (κ1) is 15.5. The molecule has 0 bridgehead atoms. The van der Waals surface area contributed by atoms with E-state index in [0.717, 1.165) is 0 Å². The van der Waals surface area contributed by atoms with E-state index in [9.17, 15) is 9.59 Å². The Morgan fingerprint density at radius 1 is 1.43 bits per heavy atom. The Labute approximate surface area is 127 Å². The number of aromatic nitrogens is 4. The van der Waals surface area contributed by atoms with E-state index in [4.69, 9.17) is 0 Å². The smallest absolute Gasteiger partial charge is 0.318 e. The average Bonchev–Trinajstić information content (AvgIpc) is 2.86. The molecule has 1 N–H and O–H groups in total. The van der Waals surface area contributed by atoms with E-state index in [1.807, 2.05) is 0 Å². The zero-order valence-corrected chi connectivity index (χ0v) is 13.1. The SMILES string of the molecule is C[C@H]1C(=O)N(C)CCN1C(=O)NCCSc1nnnn1C. The van der Waals surface area contributed by atoms with Crippen LogP contribution in [0.2, 0.25) is 0 Å². The fourth-order valence-corrected chi connectivity index (χ4v) is 2.74. The number of carbonyl (C=O) groups excluding carboxylic acids is 2. The Hall–Kier alpha value is -1.84. The van der Waals surface area contributed by atoms with Gasteiger partial charge in [0.15, 0.2) is 0 Å². The summed E-state index contributed by atoms with van der Waals surface area (Å²) in [6, 6.07) is -0.625. The number of likely N-dealkylation sites (N-methyl/N-ethyl adjacent to an activating group) is 1. The molecule has 0 spiro atoms. The van der Waals surface area contributed by atoms with Gasteiger partial charge in [-0.05, 0) is 17.4 Å². The van der Waals surface area contributed by atoms with Gasteiger partial charge in [-0.15, -0.1) is 5.10 Å². The van der Waals surface area contributed by atoms with Crippen molar-refractivity contribution in [1.82, 2.24) is 35.3 Å². The summed E-state index contributed by atoms with van der Waals surface area (Å²) in [6.07, 6.45) is 0. The van der Waals surface area contributed by atoms with Gasteiger partial charge in [-0.1, -0.05) is 11.8 Å². The maximum absolute atomic E-state index is 12.1. The number of aryl methyl sites for hydroxylation is 1. The molecule has 21 heavy (non-hydrogen) atoms. The number of hydrogen-bond acceptors (Lipinski definition) is 6. The molecule has 0 radical (unpaired) electrons. The van der Waals surface area contributed by atoms with Crippen LogP contribution in [0.5, 0.6) is 0 Å². The highest BCUT2D eigenvalue weighted by Gasteiger charge is 2.32. The number of amides is 3. The van der Waals surface area contributed by atoms with Crippen LogP contribution in [0.4, 0.5) is 4.79 Å². The van der Waals surface area contributed by atoms with Crippen molar-refractivity contribution in [1.29, 1.82) is 0 Å². The van der Waals surface area contributed by atoms with Crippen LogP contribution < -0.4 is 5.32 Å². The first-order valence-electron chi connectivity index (χ1n) is 6.65. The molecule has 1 aromatic rings. The molecule has 1 saturated heterocycles. The third kappa shape index (κ3) is 3.63. The summed E-state index contributed by atoms with van der Waals surface area (Å²) in [5.74, 6) is 0.631. The molecule has 9 nitrogen and oxygen atoms in total. The molecule has 0 saturated carbocycles. The lowest BCUT2D eigenvalue weighted by Gasteiger charge is -2.37. The van der Waals surface area contributed by atoms with E-state index >= 15 is 0 Å². The Bertz CT molecular complexity index is 520. The minimum Gasteiger partial charge on any atom is -0.342 e. The Kier molecular flexibility index (Phi) is 4.99. The van der Waals surface area contributed by atoms with Gasteiger partial charge in [0, 0.05) is 39.5 Å². The summed E-state index contributed by atoms with van der Waals surface area (Å²) in [6.45, 7) is 3.35. The van der Waals surface area contributed by atoms with Crippen LogP contribution in [-0.2, 0) is 11.8 Å². The van der Waals surface area contributed by atoms with E-state index in [0.29, 0.717) is 30.5 Å². The quantitative estimate of drug-likeness (QED) is 0.576. The molecule has 1 aromatic heterocycles. The molecule has 2 rings (SSSR count). The highest BCUT2D eigenvalue weighted by Crippen LogP contribution is 2.12. The molecule has 0 aromatic carbocycles. The first-order chi connectivity index (χ1) is 10.0. The van der Waals surface area contributed by atoms with Crippen LogP contribution in [0.3, 0.4) is 0 Å². The van der Waals surface area contributed by atoms with Gasteiger partial charge < -0.3 is 15.1 Å². The lowest BCUT2D eigenvalue weighted by atomic mass is 10.2. The van der Waals surface area contributed by atoms with Crippen molar-refractivity contribution >= 4 is 23.7 Å². The number of hydrogen-bond donors (Lipinski definition) is 1. The molecule has 116 valence electrons. The maximum Gasteiger partial charge on any atom is 0.318 e. The Morgan fingerprint density at radius 3 is 2.86 bits per heavy atom. The molecule has 1 aliphatic rings. The summed E-state index contributed by atoms with van der Waals surface area (Å²) in [5, 5.41) is 14.6. The number of carbonyl (C=O) groups is 2. The predicted molar refractivity (Wildman–Crippen MR) is 76.7 cm³/mol. The summed E-state index contributed by atoms with van der Waals surface area (Å²) >= 11 is 1.46. The van der Waals surface area contributed by atoms with Crippen LogP contribution >= 0.6 is 11.8 Å². The zero-order valence-electron chi connectivity index (χ0n) is 12.3. The van der Waals surface area contributed by atoms with Crippen molar-refractivity contribution in [2.24, 2.45) is 7.05 Å². The number of tetrazole rings is 1. The van der Waals surface area contributed by atoms with Crippen molar-refractivity contribution in [3.05, 3.63) is 0 Å². The molecular formula is C11H19N7O2S. The Morgan fingerprint density at radius 2 is 2.19 bits per heavy atom. The fraction of sp³-hybridized carbons (Fsp3) is 0.727. The second-order valence-electron chi connectivity index (χ2n) is 4.79. The number of nitrogens with one attached hydrogen (secondary N) is 1. The number of nitrogens with zero attached hydrogens (tertiary/aromatic N) is 6. The largest absolute Gasteiger partial charge is 0.342 e. The average molecular weight is 313 g/mol. The van der Waals surface area contributed by atoms with E-state index in [1.165, 1.54) is 11.8 Å². The minimum absolute atomic E-state index is 0.0315. The molecule has 10 heteroatoms. The minimum atomic E-state index is -0.417. The second-order valence-corrected chi connectivity index (χ2v) is 5.86. The molecule has 0 unspecified atom stereocenters.